The van der Waals surface area contributed by atoms with Gasteiger partial charge in [-0.05, 0) is 0 Å². The van der Waals surface area contributed by atoms with E-state index in [2.05, 4.69) is 29.5 Å². The summed E-state index contributed by atoms with van der Waals surface area (Å²) in [4.78, 5) is 91.2. The van der Waals surface area contributed by atoms with Crippen molar-refractivity contribution in [2.45, 2.75) is 118 Å². The number of rotatable bonds is 54. The number of hydrogen-bond donors (Lipinski definition) is 18. The molecule has 95 heavy (non-hydrogen) atoms. The van der Waals surface area contributed by atoms with Gasteiger partial charge in [0.05, 0.1) is 159 Å². The second-order valence-corrected chi connectivity index (χ2v) is 25.2. The van der Waals surface area contributed by atoms with Crippen LogP contribution in [0.1, 0.15) is 26.2 Å². The van der Waals surface area contributed by atoms with E-state index in [-0.39, 0.29) is 195 Å². The third-order valence-electron chi connectivity index (χ3n) is 13.3. The standard InChI is InChI=1S/C50H96N3O39P3/c1-50(29-81-8-2-35(54)51-5-11-75-14-17-78-20-23-84-47-44(63)41(60)38(57)32(90-47)26-87-93(66,67)68,30-82-9-3-36(55)52-6-12-76-15-18-79-21-24-85-48-45(64)42(61)39(58)33(91-48)27-88-94(69,70)71)31-83-10-4-37(56)53-7-13-77-16-19-80-22-25-86-49-46(65)43(62)40(59)34(92-49)28-89-95(72,73)74/h32-34,38-49,57-65H,2-31H2,1H3,(H,51,54)(H,52,55)(H,53,56)(H2,66,67,68)(H2,69,70,71)(H2,72,73,74)/t32-,33?,34?,38?,39?,40?,41?,42?,43?,44?,45?,46?,47?,48?,49?,50?/m0/s1. The van der Waals surface area contributed by atoms with Crippen LogP contribution in [0.4, 0.5) is 0 Å². The largest absolute Gasteiger partial charge is 0.469 e. The van der Waals surface area contributed by atoms with Crippen molar-refractivity contribution in [2.24, 2.45) is 5.41 Å². The summed E-state index contributed by atoms with van der Waals surface area (Å²) in [5.74, 6) is -1.02. The van der Waals surface area contributed by atoms with Crippen molar-refractivity contribution in [2.75, 3.05) is 178 Å². The Kier molecular flexibility index (Phi) is 43.1. The minimum atomic E-state index is -4.91. The Morgan fingerprint density at radius 2 is 0.568 bits per heavy atom. The van der Waals surface area contributed by atoms with Crippen molar-refractivity contribution in [3.05, 3.63) is 0 Å². The lowest BCUT2D eigenvalue weighted by Crippen LogP contribution is -2.59. The zero-order valence-corrected chi connectivity index (χ0v) is 54.9. The fourth-order valence-electron chi connectivity index (χ4n) is 8.35. The van der Waals surface area contributed by atoms with Crippen LogP contribution in [-0.2, 0) is 113 Å². The normalized spacial score (nSPS) is 27.5. The van der Waals surface area contributed by atoms with Gasteiger partial charge in [0.15, 0.2) is 18.9 Å². The number of amides is 3. The van der Waals surface area contributed by atoms with Gasteiger partial charge in [-0.15, -0.1) is 0 Å². The van der Waals surface area contributed by atoms with E-state index in [9.17, 15) is 74.0 Å². The lowest BCUT2D eigenvalue weighted by molar-refractivity contribution is -0.301. The van der Waals surface area contributed by atoms with Gasteiger partial charge < -0.3 is 162 Å². The van der Waals surface area contributed by atoms with Crippen molar-refractivity contribution in [3.63, 3.8) is 0 Å². The molecule has 0 radical (unpaired) electrons. The molecule has 0 aromatic rings. The zero-order valence-electron chi connectivity index (χ0n) is 52.2. The van der Waals surface area contributed by atoms with Gasteiger partial charge >= 0.3 is 23.5 Å². The molecular weight excluding hydrogens is 1360 g/mol. The Balaban J connectivity index is 1.30. The maximum Gasteiger partial charge on any atom is 0.469 e. The first-order valence-corrected chi connectivity index (χ1v) is 34.5. The molecule has 0 bridgehead atoms. The molecule has 3 heterocycles. The van der Waals surface area contributed by atoms with Gasteiger partial charge in [0.25, 0.3) is 0 Å². The molecule has 560 valence electrons. The SMILES string of the molecule is CC(COCCC(=O)NCCOCCOCCOC1OC(COP(=O)(O)O)C(O)C(O)C1O)(COCCC(=O)NCCOCCOCCOC1OC(COP(=O)(O)O)C(O)C(O)C1O)COCCC(=O)NCCOCCOCCOC1O[C@@H](COP(=O)(O)O)C(O)C(O)C1O. The molecule has 45 heteroatoms. The molecule has 3 saturated heterocycles. The number of phosphoric ester groups is 3. The van der Waals surface area contributed by atoms with E-state index in [4.69, 9.17) is 100 Å². The minimum absolute atomic E-state index is 0.00532. The van der Waals surface area contributed by atoms with Gasteiger partial charge in [-0.1, -0.05) is 6.92 Å². The second-order valence-electron chi connectivity index (χ2n) is 21.5. The number of aliphatic hydroxyl groups excluding tert-OH is 9. The van der Waals surface area contributed by atoms with Crippen molar-refractivity contribution >= 4 is 41.2 Å². The highest BCUT2D eigenvalue weighted by molar-refractivity contribution is 7.46. The van der Waals surface area contributed by atoms with Crippen molar-refractivity contribution < 1.29 is 188 Å². The Morgan fingerprint density at radius 3 is 0.811 bits per heavy atom. The predicted octanol–water partition coefficient (Wildman–Crippen LogP) is -8.54. The van der Waals surface area contributed by atoms with E-state index in [0.29, 0.717) is 0 Å². The first-order chi connectivity index (χ1) is 44.9. The number of carbonyl (C=O) groups excluding carboxylic acids is 3. The van der Waals surface area contributed by atoms with Gasteiger partial charge in [0.2, 0.25) is 17.7 Å². The van der Waals surface area contributed by atoms with Gasteiger partial charge in [0.1, 0.15) is 73.2 Å². The molecule has 0 aliphatic carbocycles. The molecule has 0 aromatic heterocycles. The molecule has 0 spiro atoms. The highest BCUT2D eigenvalue weighted by Gasteiger charge is 2.47. The number of carbonyl (C=O) groups is 3. The van der Waals surface area contributed by atoms with Crippen LogP contribution in [0, 0.1) is 5.41 Å². The maximum absolute atomic E-state index is 12.6. The number of hydrogen-bond acceptors (Lipinski definition) is 33. The van der Waals surface area contributed by atoms with Gasteiger partial charge in [0, 0.05) is 44.3 Å². The molecule has 3 amide bonds. The summed E-state index contributed by atoms with van der Waals surface area (Å²) >= 11 is 0. The van der Waals surface area contributed by atoms with Crippen LogP contribution in [0.2, 0.25) is 0 Å². The van der Waals surface area contributed by atoms with Gasteiger partial charge in [-0.3, -0.25) is 28.0 Å². The van der Waals surface area contributed by atoms with Crippen LogP contribution >= 0.6 is 23.5 Å². The van der Waals surface area contributed by atoms with Crippen LogP contribution in [0.25, 0.3) is 0 Å². The summed E-state index contributed by atoms with van der Waals surface area (Å²) in [5.41, 5.74) is -0.821. The fraction of sp³-hybridized carbons (Fsp3) is 0.940. The molecule has 3 aliphatic heterocycles. The molecule has 3 aliphatic rings. The summed E-state index contributed by atoms with van der Waals surface area (Å²) in [6, 6.07) is 0. The zero-order chi connectivity index (χ0) is 70.5. The quantitative estimate of drug-likeness (QED) is 0.0199. The Labute approximate surface area is 545 Å². The van der Waals surface area contributed by atoms with Crippen molar-refractivity contribution in [1.29, 1.82) is 0 Å². The first kappa shape index (κ1) is 87.0. The lowest BCUT2D eigenvalue weighted by atomic mass is 9.94. The summed E-state index contributed by atoms with van der Waals surface area (Å²) in [5, 5.41) is 99.0. The summed E-state index contributed by atoms with van der Waals surface area (Å²) in [7, 11) is -14.7. The molecule has 0 aromatic carbocycles. The average molecular weight is 1460 g/mol. The van der Waals surface area contributed by atoms with E-state index in [1.807, 2.05) is 0 Å². The fourth-order valence-corrected chi connectivity index (χ4v) is 9.37. The highest BCUT2D eigenvalue weighted by Crippen LogP contribution is 2.39. The first-order valence-electron chi connectivity index (χ1n) is 29.9. The molecule has 14 unspecified atom stereocenters. The monoisotopic (exact) mass is 1460 g/mol. The third-order valence-corrected chi connectivity index (χ3v) is 14.8. The van der Waals surface area contributed by atoms with E-state index < -0.39 is 141 Å². The van der Waals surface area contributed by atoms with Gasteiger partial charge in [-0.2, -0.15) is 0 Å². The van der Waals surface area contributed by atoms with E-state index in [1.54, 1.807) is 6.92 Å². The van der Waals surface area contributed by atoms with E-state index in [0.717, 1.165) is 0 Å². The van der Waals surface area contributed by atoms with E-state index >= 15 is 0 Å². The molecule has 0 saturated carbocycles. The second kappa shape index (κ2) is 47.1. The van der Waals surface area contributed by atoms with Crippen molar-refractivity contribution in [3.8, 4) is 0 Å². The highest BCUT2D eigenvalue weighted by atomic mass is 31.2. The number of phosphoric acid groups is 3. The maximum atomic E-state index is 12.6. The number of ether oxygens (including phenoxy) is 15. The minimum Gasteiger partial charge on any atom is -0.387 e. The van der Waals surface area contributed by atoms with Crippen LogP contribution in [0.5, 0.6) is 0 Å². The average Bonchev–Trinajstić information content (AvgIpc) is 0.838. The number of aliphatic hydroxyl groups is 9. The van der Waals surface area contributed by atoms with Gasteiger partial charge in [-0.25, -0.2) is 13.7 Å². The predicted molar refractivity (Wildman–Crippen MR) is 310 cm³/mol. The van der Waals surface area contributed by atoms with Crippen LogP contribution in [0.3, 0.4) is 0 Å². The topological polar surface area (TPSA) is 608 Å². The number of nitrogens with one attached hydrogen (secondary N) is 3. The lowest BCUT2D eigenvalue weighted by Gasteiger charge is -2.40. The molecule has 15 atom stereocenters. The smallest absolute Gasteiger partial charge is 0.387 e. The van der Waals surface area contributed by atoms with Crippen LogP contribution in [0.15, 0.2) is 0 Å². The summed E-state index contributed by atoms with van der Waals surface area (Å²) < 4.78 is 128. The van der Waals surface area contributed by atoms with Crippen LogP contribution < -0.4 is 16.0 Å². The van der Waals surface area contributed by atoms with Crippen LogP contribution in [-0.4, -0.2) is 363 Å². The van der Waals surface area contributed by atoms with Crippen molar-refractivity contribution in [1.82, 2.24) is 16.0 Å². The Bertz CT molecular complexity index is 2010. The summed E-state index contributed by atoms with van der Waals surface area (Å²) in [6.07, 6.45) is -24.1. The molecule has 3 fully saturated rings. The molecular formula is C50H96N3O39P3. The molecule has 18 N–H and O–H groups in total. The third kappa shape index (κ3) is 38.4. The Hall–Kier alpha value is -2.22. The molecule has 3 rings (SSSR count). The molecule has 42 nitrogen and oxygen atoms in total. The Morgan fingerprint density at radius 1 is 0.337 bits per heavy atom. The van der Waals surface area contributed by atoms with E-state index in [1.165, 1.54) is 0 Å². The summed E-state index contributed by atoms with van der Waals surface area (Å²) in [6.45, 7) is 0.672.